The molecule has 0 aliphatic heterocycles. The van der Waals surface area contributed by atoms with E-state index in [0.717, 1.165) is 11.1 Å². The Labute approximate surface area is 178 Å². The normalized spacial score (nSPS) is 17.4. The summed E-state index contributed by atoms with van der Waals surface area (Å²) in [5.74, 6) is 0.0202. The van der Waals surface area contributed by atoms with E-state index < -0.39 is 17.8 Å². The van der Waals surface area contributed by atoms with Gasteiger partial charge in [-0.3, -0.25) is 9.79 Å². The molecule has 164 valence electrons. The molecule has 0 radical (unpaired) electrons. The second-order valence-electron chi connectivity index (χ2n) is 7.19. The van der Waals surface area contributed by atoms with Crippen LogP contribution in [-0.4, -0.2) is 31.4 Å². The summed E-state index contributed by atoms with van der Waals surface area (Å²) in [4.78, 5) is 16.7. The Hall–Kier alpha value is -3.29. The molecule has 5 nitrogen and oxygen atoms in total. The number of allylic oxidation sites excluding steroid dienone is 2. The number of alkyl halides is 3. The van der Waals surface area contributed by atoms with Gasteiger partial charge in [0.05, 0.1) is 12.8 Å². The first-order valence-corrected chi connectivity index (χ1v) is 9.92. The Morgan fingerprint density at radius 2 is 1.81 bits per heavy atom. The number of nitrogens with one attached hydrogen (secondary N) is 1. The third-order valence-corrected chi connectivity index (χ3v) is 5.06. The molecule has 0 heterocycles. The van der Waals surface area contributed by atoms with E-state index >= 15 is 0 Å². The number of ether oxygens (including phenoxy) is 1. The zero-order valence-electron chi connectivity index (χ0n) is 17.1. The summed E-state index contributed by atoms with van der Waals surface area (Å²) in [6.45, 7) is -0.303. The minimum Gasteiger partial charge on any atom is -0.495 e. The predicted molar refractivity (Wildman–Crippen MR) is 115 cm³/mol. The van der Waals surface area contributed by atoms with Crippen molar-refractivity contribution < 1.29 is 22.7 Å². The van der Waals surface area contributed by atoms with Crippen LogP contribution in [0.2, 0.25) is 0 Å². The molecule has 2 aromatic carbocycles. The highest BCUT2D eigenvalue weighted by Gasteiger charge is 2.35. The first kappa shape index (κ1) is 22.4. The van der Waals surface area contributed by atoms with E-state index in [1.165, 1.54) is 7.11 Å². The molecule has 3 rings (SSSR count). The number of hydrogen-bond acceptors (Lipinski definition) is 4. The van der Waals surface area contributed by atoms with Crippen molar-refractivity contribution in [3.05, 3.63) is 59.8 Å². The summed E-state index contributed by atoms with van der Waals surface area (Å²) in [7, 11) is 1.49. The molecular formula is C23H24F3N3O2. The van der Waals surface area contributed by atoms with Crippen LogP contribution in [0, 0.1) is 0 Å². The van der Waals surface area contributed by atoms with Crippen LogP contribution < -0.4 is 15.8 Å². The predicted octanol–water partition coefficient (Wildman–Crippen LogP) is 5.09. The summed E-state index contributed by atoms with van der Waals surface area (Å²) in [5.41, 5.74) is 6.76. The lowest BCUT2D eigenvalue weighted by Gasteiger charge is -2.21. The fraction of sp³-hybridized carbons (Fsp3) is 0.304. The largest absolute Gasteiger partial charge is 0.495 e. The highest BCUT2D eigenvalue weighted by molar-refractivity contribution is 6.03. The zero-order valence-corrected chi connectivity index (χ0v) is 17.1. The quantitative estimate of drug-likeness (QED) is 0.692. The topological polar surface area (TPSA) is 76.7 Å². The van der Waals surface area contributed by atoms with E-state index in [2.05, 4.69) is 10.3 Å². The summed E-state index contributed by atoms with van der Waals surface area (Å²) in [5, 5.41) is 2.74. The summed E-state index contributed by atoms with van der Waals surface area (Å²) in [6, 6.07) is 15.0. The van der Waals surface area contributed by atoms with Crippen molar-refractivity contribution in [2.75, 3.05) is 19.0 Å². The Morgan fingerprint density at radius 3 is 2.48 bits per heavy atom. The van der Waals surface area contributed by atoms with Crippen LogP contribution in [0.1, 0.15) is 25.7 Å². The van der Waals surface area contributed by atoms with Crippen molar-refractivity contribution in [2.24, 2.45) is 10.7 Å². The number of amides is 1. The lowest BCUT2D eigenvalue weighted by atomic mass is 9.91. The van der Waals surface area contributed by atoms with E-state index in [1.54, 1.807) is 12.1 Å². The van der Waals surface area contributed by atoms with Gasteiger partial charge in [-0.15, -0.1) is 0 Å². The molecule has 3 N–H and O–H groups in total. The number of methoxy groups -OCH3 is 1. The molecule has 0 unspecified atom stereocenters. The third-order valence-electron chi connectivity index (χ3n) is 5.06. The second kappa shape index (κ2) is 9.68. The number of nitrogens with two attached hydrogens (primary N) is 1. The number of halogens is 3. The van der Waals surface area contributed by atoms with E-state index in [4.69, 9.17) is 10.5 Å². The van der Waals surface area contributed by atoms with Crippen LogP contribution in [0.5, 0.6) is 5.75 Å². The minimum absolute atomic E-state index is 0.00444. The number of benzene rings is 2. The standard InChI is InChI=1S/C23H24F3N3O2/c1-31-20-12-11-16(15-7-3-2-4-8-15)13-19(20)29-21(30)14-28-18-10-6-5-9-17(18)22(27)23(24,25)26/h2-4,7-8,11-13H,5-6,9-10,14,27H2,1H3,(H,29,30). The smallest absolute Gasteiger partial charge is 0.431 e. The lowest BCUT2D eigenvalue weighted by molar-refractivity contribution is -0.114. The molecule has 0 aromatic heterocycles. The number of nitrogens with zero attached hydrogens (tertiary/aromatic N) is 1. The molecule has 0 atom stereocenters. The summed E-state index contributed by atoms with van der Waals surface area (Å²) < 4.78 is 44.4. The van der Waals surface area contributed by atoms with Gasteiger partial charge in [0.1, 0.15) is 18.0 Å². The van der Waals surface area contributed by atoms with Gasteiger partial charge in [-0.2, -0.15) is 13.2 Å². The van der Waals surface area contributed by atoms with Crippen LogP contribution in [0.25, 0.3) is 11.1 Å². The maximum absolute atomic E-state index is 13.0. The molecule has 1 saturated carbocycles. The molecule has 31 heavy (non-hydrogen) atoms. The van der Waals surface area contributed by atoms with Crippen LogP contribution >= 0.6 is 0 Å². The second-order valence-corrected chi connectivity index (χ2v) is 7.19. The first-order valence-electron chi connectivity index (χ1n) is 9.92. The van der Waals surface area contributed by atoms with Gasteiger partial charge >= 0.3 is 6.18 Å². The van der Waals surface area contributed by atoms with Crippen LogP contribution in [0.4, 0.5) is 18.9 Å². The molecule has 8 heteroatoms. The number of carbonyl (C=O) groups excluding carboxylic acids is 1. The molecule has 0 bridgehead atoms. The molecular weight excluding hydrogens is 407 g/mol. The SMILES string of the molecule is COc1ccc(-c2ccccc2)cc1NC(=O)CN=C1CCCCC1=C(N)C(F)(F)F. The van der Waals surface area contributed by atoms with Crippen molar-refractivity contribution in [2.45, 2.75) is 31.9 Å². The number of rotatable bonds is 5. The van der Waals surface area contributed by atoms with Gasteiger partial charge < -0.3 is 15.8 Å². The number of aliphatic imine (C=N–C) groups is 1. The minimum atomic E-state index is -4.61. The van der Waals surface area contributed by atoms with E-state index in [1.807, 2.05) is 36.4 Å². The Bertz CT molecular complexity index is 999. The number of anilines is 1. The van der Waals surface area contributed by atoms with Gasteiger partial charge in [0, 0.05) is 11.3 Å². The number of hydrogen-bond donors (Lipinski definition) is 2. The van der Waals surface area contributed by atoms with E-state index in [0.29, 0.717) is 30.7 Å². The van der Waals surface area contributed by atoms with Gasteiger partial charge in [0.25, 0.3) is 0 Å². The molecule has 1 fully saturated rings. The fourth-order valence-corrected chi connectivity index (χ4v) is 3.50. The van der Waals surface area contributed by atoms with Gasteiger partial charge in [0.15, 0.2) is 0 Å². The van der Waals surface area contributed by atoms with Gasteiger partial charge in [-0.1, -0.05) is 36.4 Å². The average Bonchev–Trinajstić information content (AvgIpc) is 2.77. The van der Waals surface area contributed by atoms with E-state index in [9.17, 15) is 18.0 Å². The summed E-state index contributed by atoms with van der Waals surface area (Å²) in [6.07, 6.45) is -2.71. The maximum atomic E-state index is 13.0. The molecule has 0 spiro atoms. The summed E-state index contributed by atoms with van der Waals surface area (Å²) >= 11 is 0. The zero-order chi connectivity index (χ0) is 22.4. The van der Waals surface area contributed by atoms with Gasteiger partial charge in [-0.05, 0) is 48.9 Å². The van der Waals surface area contributed by atoms with Crippen molar-refractivity contribution in [3.8, 4) is 16.9 Å². The molecule has 1 amide bonds. The lowest BCUT2D eigenvalue weighted by Crippen LogP contribution is -2.27. The average molecular weight is 431 g/mol. The highest BCUT2D eigenvalue weighted by atomic mass is 19.4. The van der Waals surface area contributed by atoms with Crippen LogP contribution in [0.15, 0.2) is 64.8 Å². The maximum Gasteiger partial charge on any atom is 0.431 e. The van der Waals surface area contributed by atoms with Crippen molar-refractivity contribution >= 4 is 17.3 Å². The highest BCUT2D eigenvalue weighted by Crippen LogP contribution is 2.32. The molecule has 1 aliphatic rings. The molecule has 0 saturated heterocycles. The van der Waals surface area contributed by atoms with Gasteiger partial charge in [0.2, 0.25) is 5.91 Å². The Balaban J connectivity index is 1.78. The Morgan fingerprint density at radius 1 is 1.10 bits per heavy atom. The first-order chi connectivity index (χ1) is 14.8. The third kappa shape index (κ3) is 5.65. The van der Waals surface area contributed by atoms with Crippen molar-refractivity contribution in [1.82, 2.24) is 0 Å². The molecule has 2 aromatic rings. The van der Waals surface area contributed by atoms with Crippen molar-refractivity contribution in [1.29, 1.82) is 0 Å². The van der Waals surface area contributed by atoms with Crippen molar-refractivity contribution in [3.63, 3.8) is 0 Å². The van der Waals surface area contributed by atoms with Crippen LogP contribution in [0.3, 0.4) is 0 Å². The Kier molecular flexibility index (Phi) is 6.99. The monoisotopic (exact) mass is 431 g/mol. The molecule has 1 aliphatic carbocycles. The van der Waals surface area contributed by atoms with Crippen LogP contribution in [-0.2, 0) is 4.79 Å². The van der Waals surface area contributed by atoms with Gasteiger partial charge in [-0.25, -0.2) is 0 Å². The number of carbonyl (C=O) groups is 1. The fourth-order valence-electron chi connectivity index (χ4n) is 3.50. The van der Waals surface area contributed by atoms with E-state index in [-0.39, 0.29) is 24.3 Å².